The highest BCUT2D eigenvalue weighted by Crippen LogP contribution is 2.26. The second-order valence-corrected chi connectivity index (χ2v) is 9.18. The van der Waals surface area contributed by atoms with Crippen molar-refractivity contribution in [3.63, 3.8) is 0 Å². The Kier molecular flexibility index (Phi) is 5.30. The molecule has 1 aromatic carbocycles. The average molecular weight is 353 g/mol. The first-order chi connectivity index (χ1) is 11.4. The van der Waals surface area contributed by atoms with E-state index in [-0.39, 0.29) is 11.9 Å². The molecule has 2 heterocycles. The van der Waals surface area contributed by atoms with Gasteiger partial charge in [0.05, 0.1) is 18.0 Å². The van der Waals surface area contributed by atoms with Gasteiger partial charge in [-0.2, -0.15) is 4.31 Å². The van der Waals surface area contributed by atoms with Gasteiger partial charge in [-0.1, -0.05) is 32.0 Å². The number of hydrogen-bond donors (Lipinski definition) is 1. The van der Waals surface area contributed by atoms with Gasteiger partial charge in [0.1, 0.15) is 0 Å². The summed E-state index contributed by atoms with van der Waals surface area (Å²) in [6.45, 7) is 5.81. The van der Waals surface area contributed by atoms with Gasteiger partial charge in [-0.25, -0.2) is 8.42 Å². The van der Waals surface area contributed by atoms with Crippen LogP contribution in [0.25, 0.3) is 0 Å². The molecule has 0 saturated carbocycles. The third-order valence-corrected chi connectivity index (χ3v) is 6.90. The molecule has 0 amide bonds. The fraction of sp³-hybridized carbons (Fsp3) is 0.667. The van der Waals surface area contributed by atoms with E-state index < -0.39 is 16.1 Å². The maximum Gasteiger partial charge on any atom is 0.217 e. The Balaban J connectivity index is 1.69. The Labute approximate surface area is 144 Å². The molecule has 134 valence electrons. The van der Waals surface area contributed by atoms with Gasteiger partial charge < -0.3 is 9.84 Å². The molecule has 0 spiro atoms. The molecule has 6 heteroatoms. The van der Waals surface area contributed by atoms with Crippen molar-refractivity contribution in [2.45, 2.75) is 57.8 Å². The molecule has 5 nitrogen and oxygen atoms in total. The zero-order chi connectivity index (χ0) is 17.3. The summed E-state index contributed by atoms with van der Waals surface area (Å²) in [5.41, 5.74) is 3.60. The molecular weight excluding hydrogens is 326 g/mol. The molecule has 2 atom stereocenters. The Morgan fingerprint density at radius 1 is 1.33 bits per heavy atom. The minimum absolute atomic E-state index is 0.253. The lowest BCUT2D eigenvalue weighted by molar-refractivity contribution is 0.00968. The summed E-state index contributed by atoms with van der Waals surface area (Å²) in [7, 11) is -3.49. The zero-order valence-electron chi connectivity index (χ0n) is 14.4. The third kappa shape index (κ3) is 3.82. The number of aliphatic hydroxyl groups excluding tert-OH is 1. The Morgan fingerprint density at radius 3 is 2.79 bits per heavy atom. The molecule has 24 heavy (non-hydrogen) atoms. The van der Waals surface area contributed by atoms with E-state index >= 15 is 0 Å². The molecule has 3 rings (SSSR count). The van der Waals surface area contributed by atoms with Gasteiger partial charge in [-0.15, -0.1) is 0 Å². The molecule has 1 aromatic rings. The molecule has 0 aliphatic carbocycles. The van der Waals surface area contributed by atoms with Crippen molar-refractivity contribution in [3.05, 3.63) is 34.9 Å². The van der Waals surface area contributed by atoms with E-state index in [9.17, 15) is 13.5 Å². The fourth-order valence-corrected chi connectivity index (χ4v) is 5.04. The maximum atomic E-state index is 12.6. The number of sulfonamides is 1. The van der Waals surface area contributed by atoms with E-state index in [2.05, 4.69) is 26.0 Å². The van der Waals surface area contributed by atoms with E-state index in [1.165, 1.54) is 15.4 Å². The second kappa shape index (κ2) is 7.12. The van der Waals surface area contributed by atoms with Crippen LogP contribution in [0.3, 0.4) is 0 Å². The molecule has 0 aromatic heterocycles. The SMILES string of the molecule is CC(C)c1ccc2c(c1)CCN(S(=O)(=O)CC(O)[C@H]1CCCO1)C2. The highest BCUT2D eigenvalue weighted by atomic mass is 32.2. The smallest absolute Gasteiger partial charge is 0.217 e. The van der Waals surface area contributed by atoms with Crippen LogP contribution in [0.15, 0.2) is 18.2 Å². The van der Waals surface area contributed by atoms with E-state index in [1.807, 2.05) is 6.07 Å². The summed E-state index contributed by atoms with van der Waals surface area (Å²) >= 11 is 0. The molecule has 1 saturated heterocycles. The summed E-state index contributed by atoms with van der Waals surface area (Å²) < 4.78 is 32.2. The summed E-state index contributed by atoms with van der Waals surface area (Å²) in [5, 5.41) is 10.2. The van der Waals surface area contributed by atoms with Crippen molar-refractivity contribution in [3.8, 4) is 0 Å². The maximum absolute atomic E-state index is 12.6. The van der Waals surface area contributed by atoms with Gasteiger partial charge in [-0.05, 0) is 41.9 Å². The summed E-state index contributed by atoms with van der Waals surface area (Å²) in [6.07, 6.45) is 1.06. The Morgan fingerprint density at radius 2 is 2.12 bits per heavy atom. The monoisotopic (exact) mass is 353 g/mol. The van der Waals surface area contributed by atoms with Crippen LogP contribution in [-0.2, 0) is 27.7 Å². The van der Waals surface area contributed by atoms with Crippen LogP contribution in [0.1, 0.15) is 49.3 Å². The highest BCUT2D eigenvalue weighted by molar-refractivity contribution is 7.89. The van der Waals surface area contributed by atoms with Gasteiger partial charge >= 0.3 is 0 Å². The topological polar surface area (TPSA) is 66.8 Å². The molecule has 1 N–H and O–H groups in total. The predicted molar refractivity (Wildman–Crippen MR) is 93.4 cm³/mol. The first-order valence-corrected chi connectivity index (χ1v) is 10.4. The number of hydrogen-bond acceptors (Lipinski definition) is 4. The first kappa shape index (κ1) is 17.9. The second-order valence-electron chi connectivity index (χ2n) is 7.16. The molecule has 0 bridgehead atoms. The van der Waals surface area contributed by atoms with Gasteiger partial charge in [0.25, 0.3) is 0 Å². The van der Waals surface area contributed by atoms with Crippen LogP contribution in [0, 0.1) is 0 Å². The van der Waals surface area contributed by atoms with Crippen molar-refractivity contribution in [1.29, 1.82) is 0 Å². The third-order valence-electron chi connectivity index (χ3n) is 5.04. The largest absolute Gasteiger partial charge is 0.389 e. The molecule has 2 aliphatic heterocycles. The van der Waals surface area contributed by atoms with Crippen LogP contribution < -0.4 is 0 Å². The number of fused-ring (bicyclic) bond motifs is 1. The Hall–Kier alpha value is -0.950. The quantitative estimate of drug-likeness (QED) is 0.880. The minimum atomic E-state index is -3.49. The minimum Gasteiger partial charge on any atom is -0.389 e. The standard InChI is InChI=1S/C18H27NO4S/c1-13(2)14-5-6-16-11-19(8-7-15(16)10-14)24(21,22)12-17(20)18-4-3-9-23-18/h5-6,10,13,17-18,20H,3-4,7-9,11-12H2,1-2H3/t17?,18-/m1/s1. The predicted octanol–water partition coefficient (Wildman–Crippen LogP) is 2.04. The van der Waals surface area contributed by atoms with Gasteiger partial charge in [0.15, 0.2) is 0 Å². The van der Waals surface area contributed by atoms with Crippen molar-refractivity contribution in [2.75, 3.05) is 18.9 Å². The van der Waals surface area contributed by atoms with Crippen molar-refractivity contribution in [1.82, 2.24) is 4.31 Å². The number of rotatable bonds is 5. The lowest BCUT2D eigenvalue weighted by Crippen LogP contribution is -2.42. The summed E-state index contributed by atoms with van der Waals surface area (Å²) in [4.78, 5) is 0. The number of aliphatic hydroxyl groups is 1. The lowest BCUT2D eigenvalue weighted by Gasteiger charge is -2.30. The fourth-order valence-electron chi connectivity index (χ4n) is 3.48. The average Bonchev–Trinajstić information content (AvgIpc) is 3.08. The van der Waals surface area contributed by atoms with Crippen molar-refractivity contribution < 1.29 is 18.3 Å². The molecule has 1 unspecified atom stereocenters. The van der Waals surface area contributed by atoms with Crippen LogP contribution in [-0.4, -0.2) is 48.9 Å². The summed E-state index contributed by atoms with van der Waals surface area (Å²) in [6, 6.07) is 6.33. The van der Waals surface area contributed by atoms with Crippen molar-refractivity contribution in [2.24, 2.45) is 0 Å². The lowest BCUT2D eigenvalue weighted by atomic mass is 9.94. The number of nitrogens with zero attached hydrogens (tertiary/aromatic N) is 1. The van der Waals surface area contributed by atoms with E-state index in [0.29, 0.717) is 25.6 Å². The number of benzene rings is 1. The van der Waals surface area contributed by atoms with Gasteiger partial charge in [0, 0.05) is 19.7 Å². The van der Waals surface area contributed by atoms with Gasteiger partial charge in [0.2, 0.25) is 10.0 Å². The van der Waals surface area contributed by atoms with E-state index in [4.69, 9.17) is 4.74 Å². The normalized spacial score (nSPS) is 23.4. The molecular formula is C18H27NO4S. The Bertz CT molecular complexity index is 680. The molecule has 2 aliphatic rings. The zero-order valence-corrected chi connectivity index (χ0v) is 15.3. The highest BCUT2D eigenvalue weighted by Gasteiger charge is 2.33. The van der Waals surface area contributed by atoms with Crippen LogP contribution >= 0.6 is 0 Å². The van der Waals surface area contributed by atoms with Crippen LogP contribution in [0.4, 0.5) is 0 Å². The van der Waals surface area contributed by atoms with Gasteiger partial charge in [-0.3, -0.25) is 0 Å². The summed E-state index contributed by atoms with van der Waals surface area (Å²) in [5.74, 6) is 0.218. The van der Waals surface area contributed by atoms with Crippen LogP contribution in [0.2, 0.25) is 0 Å². The van der Waals surface area contributed by atoms with E-state index in [1.54, 1.807) is 0 Å². The first-order valence-electron chi connectivity index (χ1n) is 8.76. The molecule has 1 fully saturated rings. The van der Waals surface area contributed by atoms with E-state index in [0.717, 1.165) is 24.8 Å². The van der Waals surface area contributed by atoms with Crippen molar-refractivity contribution >= 4 is 10.0 Å². The van der Waals surface area contributed by atoms with Crippen LogP contribution in [0.5, 0.6) is 0 Å². The molecule has 0 radical (unpaired) electrons. The number of ether oxygens (including phenoxy) is 1.